The summed E-state index contributed by atoms with van der Waals surface area (Å²) in [6.45, 7) is -0.499. The Bertz CT molecular complexity index is 859. The van der Waals surface area contributed by atoms with Crippen LogP contribution in [-0.2, 0) is 30.3 Å². The van der Waals surface area contributed by atoms with Gasteiger partial charge in [-0.25, -0.2) is 0 Å². The van der Waals surface area contributed by atoms with Crippen molar-refractivity contribution in [2.24, 2.45) is 11.8 Å². The van der Waals surface area contributed by atoms with E-state index in [4.69, 9.17) is 10.00 Å². The van der Waals surface area contributed by atoms with Crippen LogP contribution >= 0.6 is 0 Å². The minimum atomic E-state index is -0.655. The first-order valence-corrected chi connectivity index (χ1v) is 9.41. The summed E-state index contributed by atoms with van der Waals surface area (Å²) in [6.07, 6.45) is 5.04. The first-order chi connectivity index (χ1) is 14.0. The molecular formula is C21H21N3O5. The zero-order chi connectivity index (χ0) is 20.8. The molecule has 1 heterocycles. The molecule has 8 heteroatoms. The van der Waals surface area contributed by atoms with Crippen molar-refractivity contribution in [3.8, 4) is 6.07 Å². The number of nitriles is 1. The largest absolute Gasteiger partial charge is 0.456 e. The fraction of sp³-hybridized carbons (Fsp3) is 0.381. The molecule has 29 heavy (non-hydrogen) atoms. The van der Waals surface area contributed by atoms with Crippen molar-refractivity contribution in [3.63, 3.8) is 0 Å². The summed E-state index contributed by atoms with van der Waals surface area (Å²) >= 11 is 0. The molecule has 0 radical (unpaired) electrons. The molecule has 0 bridgehead atoms. The maximum absolute atomic E-state index is 12.3. The van der Waals surface area contributed by atoms with Crippen molar-refractivity contribution in [1.29, 1.82) is 5.26 Å². The monoisotopic (exact) mass is 395 g/mol. The van der Waals surface area contributed by atoms with Crippen LogP contribution in [0.4, 0.5) is 5.69 Å². The Morgan fingerprint density at radius 2 is 1.72 bits per heavy atom. The van der Waals surface area contributed by atoms with Crippen LogP contribution in [0.1, 0.15) is 24.8 Å². The molecular weight excluding hydrogens is 374 g/mol. The van der Waals surface area contributed by atoms with E-state index in [1.165, 1.54) is 0 Å². The number of allylic oxidation sites excluding steroid dienone is 2. The highest BCUT2D eigenvalue weighted by Gasteiger charge is 2.46. The molecule has 1 aliphatic heterocycles. The number of nitrogens with one attached hydrogen (secondary N) is 1. The molecule has 1 aromatic carbocycles. The molecule has 3 amide bonds. The van der Waals surface area contributed by atoms with Crippen molar-refractivity contribution in [2.45, 2.75) is 25.7 Å². The number of rotatable bonds is 7. The Kier molecular flexibility index (Phi) is 6.39. The lowest BCUT2D eigenvalue weighted by atomic mass is 9.85. The zero-order valence-corrected chi connectivity index (χ0v) is 15.8. The van der Waals surface area contributed by atoms with E-state index >= 15 is 0 Å². The minimum absolute atomic E-state index is 0.0362. The molecule has 0 unspecified atom stereocenters. The third kappa shape index (κ3) is 4.88. The summed E-state index contributed by atoms with van der Waals surface area (Å²) in [6, 6.07) is 8.80. The number of nitrogens with zero attached hydrogens (tertiary/aromatic N) is 2. The van der Waals surface area contributed by atoms with Gasteiger partial charge in [0, 0.05) is 12.2 Å². The SMILES string of the molecule is N#CCc1ccc(NC(=O)COC(=O)CCN2C(=O)[C@@H]3CC=CC[C@H]3C2=O)cc1. The van der Waals surface area contributed by atoms with Gasteiger partial charge in [-0.2, -0.15) is 5.26 Å². The van der Waals surface area contributed by atoms with Gasteiger partial charge in [-0.15, -0.1) is 0 Å². The summed E-state index contributed by atoms with van der Waals surface area (Å²) in [5.74, 6) is -2.29. The highest BCUT2D eigenvalue weighted by molar-refractivity contribution is 6.05. The van der Waals surface area contributed by atoms with E-state index in [1.54, 1.807) is 24.3 Å². The van der Waals surface area contributed by atoms with Crippen molar-refractivity contribution in [3.05, 3.63) is 42.0 Å². The Labute approximate surface area is 168 Å². The van der Waals surface area contributed by atoms with E-state index in [2.05, 4.69) is 5.32 Å². The quantitative estimate of drug-likeness (QED) is 0.426. The van der Waals surface area contributed by atoms with E-state index in [1.807, 2.05) is 18.2 Å². The lowest BCUT2D eigenvalue weighted by molar-refractivity contribution is -0.148. The number of carbonyl (C=O) groups excluding carboxylic acids is 4. The lowest BCUT2D eigenvalue weighted by Gasteiger charge is -2.14. The Hall–Kier alpha value is -3.47. The fourth-order valence-corrected chi connectivity index (χ4v) is 3.50. The van der Waals surface area contributed by atoms with Crippen LogP contribution in [0.3, 0.4) is 0 Å². The van der Waals surface area contributed by atoms with Crippen LogP contribution in [0.15, 0.2) is 36.4 Å². The second-order valence-electron chi connectivity index (χ2n) is 6.97. The summed E-state index contributed by atoms with van der Waals surface area (Å²) in [5, 5.41) is 11.2. The molecule has 1 aromatic rings. The van der Waals surface area contributed by atoms with Crippen molar-refractivity contribution in [2.75, 3.05) is 18.5 Å². The molecule has 150 valence electrons. The van der Waals surface area contributed by atoms with Gasteiger partial charge in [0.2, 0.25) is 11.8 Å². The number of imide groups is 1. The minimum Gasteiger partial charge on any atom is -0.456 e. The van der Waals surface area contributed by atoms with Gasteiger partial charge in [-0.3, -0.25) is 24.1 Å². The fourth-order valence-electron chi connectivity index (χ4n) is 3.50. The molecule has 0 saturated carbocycles. The summed E-state index contributed by atoms with van der Waals surface area (Å²) in [5.41, 5.74) is 1.36. The molecule has 8 nitrogen and oxygen atoms in total. The normalized spacial score (nSPS) is 20.2. The van der Waals surface area contributed by atoms with E-state index < -0.39 is 18.5 Å². The molecule has 1 N–H and O–H groups in total. The third-order valence-corrected chi connectivity index (χ3v) is 5.02. The van der Waals surface area contributed by atoms with Gasteiger partial charge in [0.15, 0.2) is 6.61 Å². The molecule has 1 aliphatic carbocycles. The Balaban J connectivity index is 1.41. The molecule has 0 spiro atoms. The van der Waals surface area contributed by atoms with Crippen LogP contribution in [-0.4, -0.2) is 41.7 Å². The first kappa shape index (κ1) is 20.3. The van der Waals surface area contributed by atoms with Crippen LogP contribution in [0, 0.1) is 23.2 Å². The number of likely N-dealkylation sites (tertiary alicyclic amines) is 1. The molecule has 1 fully saturated rings. The van der Waals surface area contributed by atoms with Crippen LogP contribution in [0.2, 0.25) is 0 Å². The van der Waals surface area contributed by atoms with E-state index in [9.17, 15) is 19.2 Å². The molecule has 1 saturated heterocycles. The summed E-state index contributed by atoms with van der Waals surface area (Å²) in [4.78, 5) is 49.6. The van der Waals surface area contributed by atoms with E-state index in [-0.39, 0.29) is 43.0 Å². The van der Waals surface area contributed by atoms with Gasteiger partial charge >= 0.3 is 5.97 Å². The number of esters is 1. The average Bonchev–Trinajstić information content (AvgIpc) is 2.97. The van der Waals surface area contributed by atoms with Crippen LogP contribution in [0.25, 0.3) is 0 Å². The van der Waals surface area contributed by atoms with Gasteiger partial charge in [0.1, 0.15) is 0 Å². The smallest absolute Gasteiger partial charge is 0.308 e. The maximum Gasteiger partial charge on any atom is 0.308 e. The Morgan fingerprint density at radius 1 is 1.10 bits per heavy atom. The van der Waals surface area contributed by atoms with Gasteiger partial charge in [0.25, 0.3) is 5.91 Å². The Morgan fingerprint density at radius 3 is 2.31 bits per heavy atom. The highest BCUT2D eigenvalue weighted by atomic mass is 16.5. The molecule has 2 aliphatic rings. The van der Waals surface area contributed by atoms with E-state index in [0.717, 1.165) is 10.5 Å². The summed E-state index contributed by atoms with van der Waals surface area (Å²) in [7, 11) is 0. The molecule has 2 atom stereocenters. The topological polar surface area (TPSA) is 117 Å². The van der Waals surface area contributed by atoms with Gasteiger partial charge in [0.05, 0.1) is 30.7 Å². The number of hydrogen-bond acceptors (Lipinski definition) is 6. The van der Waals surface area contributed by atoms with Gasteiger partial charge < -0.3 is 10.1 Å². The third-order valence-electron chi connectivity index (χ3n) is 5.02. The van der Waals surface area contributed by atoms with Crippen molar-refractivity contribution < 1.29 is 23.9 Å². The first-order valence-electron chi connectivity index (χ1n) is 9.41. The van der Waals surface area contributed by atoms with Crippen LogP contribution in [0.5, 0.6) is 0 Å². The van der Waals surface area contributed by atoms with Crippen molar-refractivity contribution in [1.82, 2.24) is 4.90 Å². The predicted molar refractivity (Wildman–Crippen MR) is 102 cm³/mol. The van der Waals surface area contributed by atoms with E-state index in [0.29, 0.717) is 18.5 Å². The standard InChI is InChI=1S/C21H21N3O5/c22-11-9-14-5-7-15(8-6-14)23-18(25)13-29-19(26)10-12-24-20(27)16-3-1-2-4-17(16)21(24)28/h1-2,5-8,16-17H,3-4,9-10,12-13H2,(H,23,25)/t16-,17-/m1/s1. The lowest BCUT2D eigenvalue weighted by Crippen LogP contribution is -2.33. The number of fused-ring (bicyclic) bond motifs is 1. The number of amides is 3. The van der Waals surface area contributed by atoms with Gasteiger partial charge in [-0.1, -0.05) is 24.3 Å². The number of ether oxygens (including phenoxy) is 1. The number of anilines is 1. The maximum atomic E-state index is 12.3. The number of benzene rings is 1. The second-order valence-corrected chi connectivity index (χ2v) is 6.97. The number of hydrogen-bond donors (Lipinski definition) is 1. The molecule has 0 aromatic heterocycles. The second kappa shape index (κ2) is 9.15. The zero-order valence-electron chi connectivity index (χ0n) is 15.8. The summed E-state index contributed by atoms with van der Waals surface area (Å²) < 4.78 is 4.93. The van der Waals surface area contributed by atoms with Crippen LogP contribution < -0.4 is 5.32 Å². The van der Waals surface area contributed by atoms with Gasteiger partial charge in [-0.05, 0) is 30.5 Å². The highest BCUT2D eigenvalue weighted by Crippen LogP contribution is 2.34. The average molecular weight is 395 g/mol. The molecule has 3 rings (SSSR count). The number of carbonyl (C=O) groups is 4. The van der Waals surface area contributed by atoms with Crippen molar-refractivity contribution >= 4 is 29.4 Å². The predicted octanol–water partition coefficient (Wildman–Crippen LogP) is 1.58.